The largest absolute Gasteiger partial charge is 0.481 e. The van der Waals surface area contributed by atoms with Gasteiger partial charge in [0.1, 0.15) is 5.82 Å². The lowest BCUT2D eigenvalue weighted by molar-refractivity contribution is -0.136. The van der Waals surface area contributed by atoms with Crippen LogP contribution >= 0.6 is 11.6 Å². The molecule has 0 spiro atoms. The van der Waals surface area contributed by atoms with Gasteiger partial charge in [0.2, 0.25) is 0 Å². The Morgan fingerprint density at radius 1 is 1.50 bits per heavy atom. The first-order chi connectivity index (χ1) is 8.41. The van der Waals surface area contributed by atoms with Crippen molar-refractivity contribution >= 4 is 17.6 Å². The van der Waals surface area contributed by atoms with Crippen molar-refractivity contribution in [1.29, 1.82) is 0 Å². The number of carboxylic acids is 1. The molecule has 0 saturated heterocycles. The van der Waals surface area contributed by atoms with E-state index in [-0.39, 0.29) is 24.2 Å². The second-order valence-corrected chi connectivity index (χ2v) is 4.92. The van der Waals surface area contributed by atoms with Crippen molar-refractivity contribution in [3.05, 3.63) is 34.6 Å². The molecule has 0 aliphatic heterocycles. The highest BCUT2D eigenvalue weighted by Gasteiger charge is 2.19. The van der Waals surface area contributed by atoms with Crippen molar-refractivity contribution in [3.8, 4) is 0 Å². The summed E-state index contributed by atoms with van der Waals surface area (Å²) in [4.78, 5) is 10.5. The Balaban J connectivity index is 2.80. The normalized spacial score (nSPS) is 12.7. The standard InChI is InChI=1S/C13H17ClFNO2/c1-8(2)13(16-6-5-12(17)18)10-4-3-9(14)7-11(10)15/h3-4,7-8,13,16H,5-6H2,1-2H3,(H,17,18). The van der Waals surface area contributed by atoms with Crippen molar-refractivity contribution < 1.29 is 14.3 Å². The first kappa shape index (κ1) is 14.9. The van der Waals surface area contributed by atoms with Gasteiger partial charge in [-0.3, -0.25) is 4.79 Å². The number of nitrogens with one attached hydrogen (secondary N) is 1. The van der Waals surface area contributed by atoms with E-state index in [1.165, 1.54) is 6.07 Å². The maximum absolute atomic E-state index is 13.8. The maximum atomic E-state index is 13.8. The lowest BCUT2D eigenvalue weighted by atomic mass is 9.95. The second-order valence-electron chi connectivity index (χ2n) is 4.49. The van der Waals surface area contributed by atoms with Crippen LogP contribution in [0.1, 0.15) is 31.9 Å². The van der Waals surface area contributed by atoms with Gasteiger partial charge in [-0.05, 0) is 18.1 Å². The molecule has 1 unspecified atom stereocenters. The van der Waals surface area contributed by atoms with E-state index in [0.717, 1.165) is 0 Å². The minimum Gasteiger partial charge on any atom is -0.481 e. The number of halogens is 2. The third-order valence-corrected chi connectivity index (χ3v) is 2.90. The van der Waals surface area contributed by atoms with E-state index >= 15 is 0 Å². The van der Waals surface area contributed by atoms with Crippen molar-refractivity contribution in [2.75, 3.05) is 6.54 Å². The van der Waals surface area contributed by atoms with E-state index in [1.807, 2.05) is 13.8 Å². The summed E-state index contributed by atoms with van der Waals surface area (Å²) in [5.41, 5.74) is 0.514. The topological polar surface area (TPSA) is 49.3 Å². The second kappa shape index (κ2) is 6.71. The van der Waals surface area contributed by atoms with Gasteiger partial charge in [-0.2, -0.15) is 0 Å². The van der Waals surface area contributed by atoms with Gasteiger partial charge in [0.05, 0.1) is 6.42 Å². The Hall–Kier alpha value is -1.13. The number of aliphatic carboxylic acids is 1. The molecular formula is C13H17ClFNO2. The number of hydrogen-bond acceptors (Lipinski definition) is 2. The zero-order chi connectivity index (χ0) is 13.7. The highest BCUT2D eigenvalue weighted by Crippen LogP contribution is 2.26. The fraction of sp³-hybridized carbons (Fsp3) is 0.462. The number of hydrogen-bond donors (Lipinski definition) is 2. The van der Waals surface area contributed by atoms with Gasteiger partial charge in [0.15, 0.2) is 0 Å². The average molecular weight is 274 g/mol. The molecule has 3 nitrogen and oxygen atoms in total. The van der Waals surface area contributed by atoms with E-state index in [0.29, 0.717) is 17.1 Å². The van der Waals surface area contributed by atoms with Gasteiger partial charge < -0.3 is 10.4 Å². The smallest absolute Gasteiger partial charge is 0.304 e. The molecule has 0 radical (unpaired) electrons. The molecule has 1 aromatic rings. The average Bonchev–Trinajstić information content (AvgIpc) is 2.25. The van der Waals surface area contributed by atoms with Crippen LogP contribution in [0.3, 0.4) is 0 Å². The number of carboxylic acid groups (broad SMARTS) is 1. The molecule has 0 fully saturated rings. The number of carbonyl (C=O) groups is 1. The Morgan fingerprint density at radius 2 is 2.17 bits per heavy atom. The van der Waals surface area contributed by atoms with E-state index in [9.17, 15) is 9.18 Å². The fourth-order valence-electron chi connectivity index (χ4n) is 1.79. The quantitative estimate of drug-likeness (QED) is 0.836. The molecule has 0 bridgehead atoms. The molecule has 1 rings (SSSR count). The van der Waals surface area contributed by atoms with Gasteiger partial charge in [-0.1, -0.05) is 31.5 Å². The van der Waals surface area contributed by atoms with E-state index in [2.05, 4.69) is 5.32 Å². The molecule has 2 N–H and O–H groups in total. The Bertz CT molecular complexity index is 423. The van der Waals surface area contributed by atoms with Crippen LogP contribution in [-0.4, -0.2) is 17.6 Å². The van der Waals surface area contributed by atoms with E-state index in [1.54, 1.807) is 12.1 Å². The van der Waals surface area contributed by atoms with Crippen LogP contribution < -0.4 is 5.32 Å². The third kappa shape index (κ3) is 4.27. The van der Waals surface area contributed by atoms with Crippen molar-refractivity contribution in [1.82, 2.24) is 5.32 Å². The SMILES string of the molecule is CC(C)C(NCCC(=O)O)c1ccc(Cl)cc1F. The van der Waals surface area contributed by atoms with Crippen LogP contribution in [0.5, 0.6) is 0 Å². The van der Waals surface area contributed by atoms with Gasteiger partial charge in [-0.15, -0.1) is 0 Å². The van der Waals surface area contributed by atoms with E-state index in [4.69, 9.17) is 16.7 Å². The fourth-order valence-corrected chi connectivity index (χ4v) is 1.95. The van der Waals surface area contributed by atoms with Crippen molar-refractivity contribution in [2.45, 2.75) is 26.3 Å². The van der Waals surface area contributed by atoms with Crippen LogP contribution in [0.4, 0.5) is 4.39 Å². The van der Waals surface area contributed by atoms with Crippen LogP contribution in [0, 0.1) is 11.7 Å². The predicted octanol–water partition coefficient (Wildman–Crippen LogP) is 3.24. The molecule has 0 amide bonds. The van der Waals surface area contributed by atoms with Gasteiger partial charge in [-0.25, -0.2) is 4.39 Å². The molecule has 1 aromatic carbocycles. The molecule has 0 heterocycles. The Labute approximate surface area is 111 Å². The van der Waals surface area contributed by atoms with Crippen molar-refractivity contribution in [3.63, 3.8) is 0 Å². The van der Waals surface area contributed by atoms with Crippen molar-refractivity contribution in [2.24, 2.45) is 5.92 Å². The molecule has 0 aliphatic rings. The summed E-state index contributed by atoms with van der Waals surface area (Å²) in [6, 6.07) is 4.32. The number of benzene rings is 1. The molecule has 18 heavy (non-hydrogen) atoms. The molecule has 0 saturated carbocycles. The third-order valence-electron chi connectivity index (χ3n) is 2.67. The lowest BCUT2D eigenvalue weighted by Gasteiger charge is -2.23. The van der Waals surface area contributed by atoms with Gasteiger partial charge in [0, 0.05) is 23.2 Å². The minimum atomic E-state index is -0.874. The highest BCUT2D eigenvalue weighted by atomic mass is 35.5. The molecule has 1 atom stereocenters. The summed E-state index contributed by atoms with van der Waals surface area (Å²) < 4.78 is 13.8. The zero-order valence-corrected chi connectivity index (χ0v) is 11.2. The monoisotopic (exact) mass is 273 g/mol. The number of rotatable bonds is 6. The Morgan fingerprint density at radius 3 is 2.67 bits per heavy atom. The first-order valence-corrected chi connectivity index (χ1v) is 6.19. The van der Waals surface area contributed by atoms with Gasteiger partial charge in [0.25, 0.3) is 0 Å². The van der Waals surface area contributed by atoms with Gasteiger partial charge >= 0.3 is 5.97 Å². The Kier molecular flexibility index (Phi) is 5.56. The summed E-state index contributed by atoms with van der Waals surface area (Å²) >= 11 is 5.71. The zero-order valence-electron chi connectivity index (χ0n) is 10.4. The van der Waals surface area contributed by atoms with Crippen LogP contribution in [-0.2, 0) is 4.79 Å². The molecule has 0 aliphatic carbocycles. The van der Waals surface area contributed by atoms with Crippen LogP contribution in [0.15, 0.2) is 18.2 Å². The lowest BCUT2D eigenvalue weighted by Crippen LogP contribution is -2.28. The molecular weight excluding hydrogens is 257 g/mol. The van der Waals surface area contributed by atoms with Crippen LogP contribution in [0.2, 0.25) is 5.02 Å². The predicted molar refractivity (Wildman–Crippen MR) is 69.2 cm³/mol. The summed E-state index contributed by atoms with van der Waals surface area (Å²) in [6.45, 7) is 4.21. The minimum absolute atomic E-state index is 0.0123. The summed E-state index contributed by atoms with van der Waals surface area (Å²) in [6.07, 6.45) is 0.0123. The summed E-state index contributed by atoms with van der Waals surface area (Å²) in [5, 5.41) is 12.0. The first-order valence-electron chi connectivity index (χ1n) is 5.82. The molecule has 100 valence electrons. The van der Waals surface area contributed by atoms with E-state index < -0.39 is 5.97 Å². The maximum Gasteiger partial charge on any atom is 0.304 e. The summed E-state index contributed by atoms with van der Waals surface area (Å²) in [5.74, 6) is -1.10. The summed E-state index contributed by atoms with van der Waals surface area (Å²) in [7, 11) is 0. The van der Waals surface area contributed by atoms with Crippen LogP contribution in [0.25, 0.3) is 0 Å². The molecule has 5 heteroatoms. The highest BCUT2D eigenvalue weighted by molar-refractivity contribution is 6.30. The molecule has 0 aromatic heterocycles.